The van der Waals surface area contributed by atoms with Crippen molar-refractivity contribution in [2.45, 2.75) is 13.0 Å². The predicted octanol–water partition coefficient (Wildman–Crippen LogP) is 3.19. The van der Waals surface area contributed by atoms with Gasteiger partial charge in [-0.1, -0.05) is 18.2 Å². The van der Waals surface area contributed by atoms with E-state index in [0.717, 1.165) is 16.9 Å². The van der Waals surface area contributed by atoms with Gasteiger partial charge in [-0.2, -0.15) is 0 Å². The third-order valence-corrected chi connectivity index (χ3v) is 4.80. The molecule has 2 aromatic carbocycles. The van der Waals surface area contributed by atoms with Crippen molar-refractivity contribution in [3.05, 3.63) is 65.4 Å². The lowest BCUT2D eigenvalue weighted by atomic mass is 9.94. The molecule has 0 bridgehead atoms. The van der Waals surface area contributed by atoms with Crippen LogP contribution in [0.2, 0.25) is 0 Å². The molecule has 0 aliphatic carbocycles. The van der Waals surface area contributed by atoms with Gasteiger partial charge < -0.3 is 25.6 Å². The molecule has 0 saturated heterocycles. The number of ether oxygens (including phenoxy) is 1. The summed E-state index contributed by atoms with van der Waals surface area (Å²) in [5.74, 6) is 0.482. The van der Waals surface area contributed by atoms with Crippen LogP contribution < -0.4 is 25.6 Å². The topological polar surface area (TPSA) is 65.6 Å². The quantitative estimate of drug-likeness (QED) is 0.675. The minimum Gasteiger partial charge on any atom is -0.497 e. The van der Waals surface area contributed by atoms with Crippen molar-refractivity contribution in [1.82, 2.24) is 10.6 Å². The predicted molar refractivity (Wildman–Crippen MR) is 117 cm³/mol. The van der Waals surface area contributed by atoms with Gasteiger partial charge in [0.2, 0.25) is 0 Å². The molecule has 1 heterocycles. The van der Waals surface area contributed by atoms with Gasteiger partial charge in [-0.15, -0.1) is 0 Å². The Morgan fingerprint density at radius 1 is 1.18 bits per heavy atom. The van der Waals surface area contributed by atoms with Crippen LogP contribution in [0.3, 0.4) is 0 Å². The van der Waals surface area contributed by atoms with Gasteiger partial charge in [0, 0.05) is 37.2 Å². The second-order valence-corrected chi connectivity index (χ2v) is 7.15. The monoisotopic (exact) mass is 396 g/mol. The zero-order valence-electron chi connectivity index (χ0n) is 16.4. The van der Waals surface area contributed by atoms with Gasteiger partial charge in [-0.3, -0.25) is 4.79 Å². The molecule has 146 valence electrons. The van der Waals surface area contributed by atoms with Crippen LogP contribution in [0, 0.1) is 0 Å². The number of thiocarbonyl (C=S) groups is 1. The fourth-order valence-corrected chi connectivity index (χ4v) is 3.38. The van der Waals surface area contributed by atoms with E-state index < -0.39 is 0 Å². The highest BCUT2D eigenvalue weighted by Gasteiger charge is 2.30. The Labute approximate surface area is 170 Å². The molecule has 1 aliphatic rings. The summed E-state index contributed by atoms with van der Waals surface area (Å²) in [6, 6.07) is 15.0. The smallest absolute Gasteiger partial charge is 0.255 e. The molecule has 1 unspecified atom stereocenters. The SMILES string of the molecule is COc1cccc(NC(=O)C2=C(C)NC(=S)NC2c2ccc(N(C)C)cc2)c1. The summed E-state index contributed by atoms with van der Waals surface area (Å²) in [5, 5.41) is 9.72. The Kier molecular flexibility index (Phi) is 5.84. The fourth-order valence-electron chi connectivity index (χ4n) is 3.11. The molecule has 3 N–H and O–H groups in total. The first kappa shape index (κ1) is 19.7. The van der Waals surface area contributed by atoms with Crippen LogP contribution in [0.5, 0.6) is 5.75 Å². The molecule has 3 rings (SSSR count). The summed E-state index contributed by atoms with van der Waals surface area (Å²) in [6.45, 7) is 1.86. The number of benzene rings is 2. The van der Waals surface area contributed by atoms with Crippen molar-refractivity contribution in [2.75, 3.05) is 31.4 Å². The largest absolute Gasteiger partial charge is 0.497 e. The maximum Gasteiger partial charge on any atom is 0.255 e. The van der Waals surface area contributed by atoms with Gasteiger partial charge in [0.25, 0.3) is 5.91 Å². The van der Waals surface area contributed by atoms with Gasteiger partial charge in [0.15, 0.2) is 5.11 Å². The Balaban J connectivity index is 1.91. The number of carbonyl (C=O) groups is 1. The van der Waals surface area contributed by atoms with Crippen LogP contribution in [-0.4, -0.2) is 32.2 Å². The molecule has 1 aliphatic heterocycles. The lowest BCUT2D eigenvalue weighted by molar-refractivity contribution is -0.113. The Morgan fingerprint density at radius 2 is 1.89 bits per heavy atom. The van der Waals surface area contributed by atoms with Gasteiger partial charge in [0.1, 0.15) is 5.75 Å². The number of hydrogen-bond donors (Lipinski definition) is 3. The third kappa shape index (κ3) is 4.26. The van der Waals surface area contributed by atoms with E-state index in [9.17, 15) is 4.79 Å². The van der Waals surface area contributed by atoms with Crippen LogP contribution in [0.25, 0.3) is 0 Å². The van der Waals surface area contributed by atoms with E-state index in [0.29, 0.717) is 22.1 Å². The minimum atomic E-state index is -0.337. The lowest BCUT2D eigenvalue weighted by Gasteiger charge is -2.30. The fraction of sp³-hybridized carbons (Fsp3) is 0.238. The molecule has 1 amide bonds. The van der Waals surface area contributed by atoms with Crippen molar-refractivity contribution in [1.29, 1.82) is 0 Å². The maximum atomic E-state index is 13.1. The number of methoxy groups -OCH3 is 1. The van der Waals surface area contributed by atoms with E-state index >= 15 is 0 Å². The summed E-state index contributed by atoms with van der Waals surface area (Å²) in [5.41, 5.74) is 4.03. The molecule has 0 fully saturated rings. The van der Waals surface area contributed by atoms with E-state index in [1.54, 1.807) is 13.2 Å². The molecule has 28 heavy (non-hydrogen) atoms. The summed E-state index contributed by atoms with van der Waals surface area (Å²) >= 11 is 5.32. The Hall–Kier alpha value is -3.06. The standard InChI is InChI=1S/C21H24N4O2S/c1-13-18(20(26)23-15-6-5-7-17(12-15)27-4)19(24-21(28)22-13)14-8-10-16(11-9-14)25(2)3/h5-12,19H,1-4H3,(H,23,26)(H2,22,24,28). The summed E-state index contributed by atoms with van der Waals surface area (Å²) < 4.78 is 5.23. The van der Waals surface area contributed by atoms with E-state index in [-0.39, 0.29) is 11.9 Å². The van der Waals surface area contributed by atoms with Crippen LogP contribution in [0.1, 0.15) is 18.5 Å². The number of rotatable bonds is 5. The van der Waals surface area contributed by atoms with E-state index in [1.807, 2.05) is 68.4 Å². The molecular weight excluding hydrogens is 372 g/mol. The zero-order valence-corrected chi connectivity index (χ0v) is 17.2. The van der Waals surface area contributed by atoms with Crippen LogP contribution in [0.15, 0.2) is 59.8 Å². The number of allylic oxidation sites excluding steroid dienone is 1. The second kappa shape index (κ2) is 8.31. The second-order valence-electron chi connectivity index (χ2n) is 6.74. The first-order valence-electron chi connectivity index (χ1n) is 8.90. The first-order chi connectivity index (χ1) is 13.4. The van der Waals surface area contributed by atoms with Gasteiger partial charge in [-0.25, -0.2) is 0 Å². The summed E-state index contributed by atoms with van der Waals surface area (Å²) in [7, 11) is 5.57. The molecule has 6 nitrogen and oxygen atoms in total. The molecule has 2 aromatic rings. The Morgan fingerprint density at radius 3 is 2.54 bits per heavy atom. The first-order valence-corrected chi connectivity index (χ1v) is 9.31. The lowest BCUT2D eigenvalue weighted by Crippen LogP contribution is -2.45. The minimum absolute atomic E-state index is 0.199. The van der Waals surface area contributed by atoms with Crippen molar-refractivity contribution < 1.29 is 9.53 Å². The highest BCUT2D eigenvalue weighted by atomic mass is 32.1. The van der Waals surface area contributed by atoms with Crippen molar-refractivity contribution in [3.8, 4) is 5.75 Å². The molecular formula is C21H24N4O2S. The van der Waals surface area contributed by atoms with Gasteiger partial charge >= 0.3 is 0 Å². The van der Waals surface area contributed by atoms with E-state index in [1.165, 1.54) is 0 Å². The molecule has 7 heteroatoms. The third-order valence-electron chi connectivity index (χ3n) is 4.58. The molecule has 1 atom stereocenters. The average Bonchev–Trinajstić information content (AvgIpc) is 2.67. The normalized spacial score (nSPS) is 16.1. The number of amides is 1. The van der Waals surface area contributed by atoms with Gasteiger partial charge in [-0.05, 0) is 49.0 Å². The zero-order chi connectivity index (χ0) is 20.3. The van der Waals surface area contributed by atoms with Crippen LogP contribution in [0.4, 0.5) is 11.4 Å². The molecule has 0 spiro atoms. The molecule has 0 aromatic heterocycles. The highest BCUT2D eigenvalue weighted by Crippen LogP contribution is 2.29. The highest BCUT2D eigenvalue weighted by molar-refractivity contribution is 7.80. The number of nitrogens with one attached hydrogen (secondary N) is 3. The van der Waals surface area contributed by atoms with E-state index in [4.69, 9.17) is 17.0 Å². The van der Waals surface area contributed by atoms with Crippen LogP contribution in [-0.2, 0) is 4.79 Å². The number of carbonyl (C=O) groups excluding carboxylic acids is 1. The van der Waals surface area contributed by atoms with Crippen molar-refractivity contribution >= 4 is 34.6 Å². The molecule has 0 radical (unpaired) electrons. The van der Waals surface area contributed by atoms with Crippen molar-refractivity contribution in [2.24, 2.45) is 0 Å². The van der Waals surface area contributed by atoms with E-state index in [2.05, 4.69) is 16.0 Å². The summed E-state index contributed by atoms with van der Waals surface area (Å²) in [6.07, 6.45) is 0. The van der Waals surface area contributed by atoms with Crippen LogP contribution >= 0.6 is 12.2 Å². The number of hydrogen-bond acceptors (Lipinski definition) is 4. The average molecular weight is 397 g/mol. The molecule has 0 saturated carbocycles. The maximum absolute atomic E-state index is 13.1. The van der Waals surface area contributed by atoms with Gasteiger partial charge in [0.05, 0.1) is 18.7 Å². The van der Waals surface area contributed by atoms with Crippen molar-refractivity contribution in [3.63, 3.8) is 0 Å². The Bertz CT molecular complexity index is 922. The summed E-state index contributed by atoms with van der Waals surface area (Å²) in [4.78, 5) is 15.1. The number of nitrogens with zero attached hydrogens (tertiary/aromatic N) is 1. The number of anilines is 2.